The Balaban J connectivity index is 1.49. The molecular weight excluding hydrogens is 612 g/mol. The molecule has 236 valence electrons. The number of hydrogen-bond donors (Lipinski definition) is 2. The number of amides is 1. The molecule has 2 atom stereocenters. The molecule has 0 fully saturated rings. The van der Waals surface area contributed by atoms with Crippen molar-refractivity contribution in [2.75, 3.05) is 20.3 Å². The van der Waals surface area contributed by atoms with Crippen molar-refractivity contribution in [1.82, 2.24) is 24.6 Å². The third-order valence-electron chi connectivity index (χ3n) is 8.62. The zero-order chi connectivity index (χ0) is 32.3. The standard InChI is InChI=1S/C34H31F2N5O4S/c1-4-28(43)40-17-22-14-26(38-41(22)15-18(40)2)32-30(29-25(36)12-21(35)13-27(29)45-9-8-42)33-24(7-10-46-33)31(37-32)19-5-6-23-20(11-19)16-39(3)34(23)44/h4-7,10-14,18,34,42,44H,1,8-9,15-17H2,2-3H3/t18-,34?/m1/s1. The number of thiophene rings is 1. The number of nitrogens with zero attached hydrogens (tertiary/aromatic N) is 5. The molecule has 2 N–H and O–H groups in total. The lowest BCUT2D eigenvalue weighted by atomic mass is 9.95. The largest absolute Gasteiger partial charge is 0.490 e. The summed E-state index contributed by atoms with van der Waals surface area (Å²) in [7, 11) is 1.85. The van der Waals surface area contributed by atoms with Crippen LogP contribution in [0.25, 0.3) is 43.9 Å². The number of fused-ring (bicyclic) bond motifs is 3. The molecule has 12 heteroatoms. The Hall–Kier alpha value is -4.49. The second-order valence-electron chi connectivity index (χ2n) is 11.6. The minimum absolute atomic E-state index is 0.0119. The maximum absolute atomic E-state index is 15.9. The van der Waals surface area contributed by atoms with E-state index in [1.807, 2.05) is 59.3 Å². The highest BCUT2D eigenvalue weighted by Gasteiger charge is 2.31. The van der Waals surface area contributed by atoms with Crippen LogP contribution in [0.2, 0.25) is 0 Å². The zero-order valence-corrected chi connectivity index (χ0v) is 26.0. The van der Waals surface area contributed by atoms with Crippen LogP contribution in [0.15, 0.2) is 60.5 Å². The summed E-state index contributed by atoms with van der Waals surface area (Å²) in [4.78, 5) is 21.3. The molecule has 0 saturated carbocycles. The Labute approximate surface area is 267 Å². The van der Waals surface area contributed by atoms with Crippen molar-refractivity contribution in [2.24, 2.45) is 0 Å². The highest BCUT2D eigenvalue weighted by molar-refractivity contribution is 7.18. The van der Waals surface area contributed by atoms with E-state index in [1.165, 1.54) is 17.4 Å². The normalized spacial score (nSPS) is 17.7. The van der Waals surface area contributed by atoms with Crippen molar-refractivity contribution >= 4 is 27.3 Å². The minimum Gasteiger partial charge on any atom is -0.490 e. The van der Waals surface area contributed by atoms with Gasteiger partial charge in [-0.25, -0.2) is 13.8 Å². The first-order valence-electron chi connectivity index (χ1n) is 14.8. The molecule has 5 heterocycles. The number of ether oxygens (including phenoxy) is 1. The molecule has 1 amide bonds. The first-order valence-corrected chi connectivity index (χ1v) is 15.7. The van der Waals surface area contributed by atoms with Crippen LogP contribution in [-0.2, 0) is 24.4 Å². The lowest BCUT2D eigenvalue weighted by Gasteiger charge is -2.33. The number of benzene rings is 2. The summed E-state index contributed by atoms with van der Waals surface area (Å²) >= 11 is 1.39. The molecule has 46 heavy (non-hydrogen) atoms. The Kier molecular flexibility index (Phi) is 7.68. The number of hydrogen-bond acceptors (Lipinski definition) is 8. The average molecular weight is 644 g/mol. The molecule has 3 aromatic heterocycles. The van der Waals surface area contributed by atoms with Crippen molar-refractivity contribution < 1.29 is 28.5 Å². The van der Waals surface area contributed by atoms with Crippen LogP contribution in [0.1, 0.15) is 30.0 Å². The Morgan fingerprint density at radius 3 is 2.76 bits per heavy atom. The highest BCUT2D eigenvalue weighted by atomic mass is 32.1. The zero-order valence-electron chi connectivity index (χ0n) is 25.2. The molecule has 0 spiro atoms. The Morgan fingerprint density at radius 2 is 1.98 bits per heavy atom. The van der Waals surface area contributed by atoms with E-state index in [1.54, 1.807) is 4.90 Å². The first-order chi connectivity index (χ1) is 22.2. The number of aliphatic hydroxyl groups is 2. The number of carbonyl (C=O) groups is 1. The van der Waals surface area contributed by atoms with Gasteiger partial charge in [0.25, 0.3) is 0 Å². The topological polar surface area (TPSA) is 104 Å². The molecule has 5 aromatic rings. The van der Waals surface area contributed by atoms with Gasteiger partial charge in [0.1, 0.15) is 41.6 Å². The average Bonchev–Trinajstić information content (AvgIpc) is 3.75. The van der Waals surface area contributed by atoms with Crippen LogP contribution in [0.3, 0.4) is 0 Å². The summed E-state index contributed by atoms with van der Waals surface area (Å²) in [6.07, 6.45) is 0.597. The van der Waals surface area contributed by atoms with Crippen molar-refractivity contribution in [3.63, 3.8) is 0 Å². The number of carbonyl (C=O) groups excluding carboxylic acids is 1. The predicted octanol–water partition coefficient (Wildman–Crippen LogP) is 5.50. The summed E-state index contributed by atoms with van der Waals surface area (Å²) in [5, 5.41) is 27.6. The second kappa shape index (κ2) is 11.7. The monoisotopic (exact) mass is 643 g/mol. The summed E-state index contributed by atoms with van der Waals surface area (Å²) in [5.41, 5.74) is 5.25. The third kappa shape index (κ3) is 4.98. The molecule has 0 bridgehead atoms. The van der Waals surface area contributed by atoms with E-state index in [9.17, 15) is 19.4 Å². The maximum Gasteiger partial charge on any atom is 0.246 e. The molecule has 9 nitrogen and oxygen atoms in total. The number of aromatic nitrogens is 3. The van der Waals surface area contributed by atoms with Gasteiger partial charge in [-0.3, -0.25) is 14.4 Å². The van der Waals surface area contributed by atoms with Gasteiger partial charge in [-0.1, -0.05) is 18.7 Å². The second-order valence-corrected chi connectivity index (χ2v) is 12.5. The predicted molar refractivity (Wildman–Crippen MR) is 171 cm³/mol. The van der Waals surface area contributed by atoms with Crippen molar-refractivity contribution in [2.45, 2.75) is 38.8 Å². The molecule has 2 aromatic carbocycles. The van der Waals surface area contributed by atoms with Crippen LogP contribution in [0, 0.1) is 11.6 Å². The quantitative estimate of drug-likeness (QED) is 0.226. The van der Waals surface area contributed by atoms with E-state index in [2.05, 4.69) is 6.58 Å². The Morgan fingerprint density at radius 1 is 1.15 bits per heavy atom. The van der Waals surface area contributed by atoms with E-state index in [-0.39, 0.29) is 36.5 Å². The molecule has 2 aliphatic rings. The van der Waals surface area contributed by atoms with Gasteiger partial charge in [-0.15, -0.1) is 11.3 Å². The molecule has 0 aliphatic carbocycles. The molecule has 0 saturated heterocycles. The minimum atomic E-state index is -0.839. The number of pyridine rings is 1. The van der Waals surface area contributed by atoms with Crippen molar-refractivity contribution in [3.8, 4) is 39.5 Å². The number of halogens is 2. The maximum atomic E-state index is 15.9. The van der Waals surface area contributed by atoms with E-state index in [0.717, 1.165) is 39.9 Å². The van der Waals surface area contributed by atoms with E-state index in [4.69, 9.17) is 14.8 Å². The highest BCUT2D eigenvalue weighted by Crippen LogP contribution is 2.47. The molecule has 0 radical (unpaired) electrons. The van der Waals surface area contributed by atoms with E-state index >= 15 is 4.39 Å². The lowest BCUT2D eigenvalue weighted by Crippen LogP contribution is -2.44. The van der Waals surface area contributed by atoms with Crippen molar-refractivity contribution in [1.29, 1.82) is 0 Å². The summed E-state index contributed by atoms with van der Waals surface area (Å²) in [6.45, 7) is 6.38. The van der Waals surface area contributed by atoms with Crippen LogP contribution >= 0.6 is 11.3 Å². The van der Waals surface area contributed by atoms with Crippen LogP contribution in [0.5, 0.6) is 5.75 Å². The Bertz CT molecular complexity index is 2020. The fraction of sp³-hybridized carbons (Fsp3) is 0.265. The number of rotatable bonds is 7. The smallest absolute Gasteiger partial charge is 0.246 e. The fourth-order valence-electron chi connectivity index (χ4n) is 6.41. The van der Waals surface area contributed by atoms with Gasteiger partial charge in [0, 0.05) is 45.9 Å². The van der Waals surface area contributed by atoms with Gasteiger partial charge in [-0.2, -0.15) is 5.10 Å². The van der Waals surface area contributed by atoms with E-state index in [0.29, 0.717) is 47.0 Å². The molecule has 1 unspecified atom stereocenters. The van der Waals surface area contributed by atoms with Crippen LogP contribution in [-0.4, -0.2) is 67.0 Å². The fourth-order valence-corrected chi connectivity index (χ4v) is 7.36. The van der Waals surface area contributed by atoms with Gasteiger partial charge in [0.05, 0.1) is 36.6 Å². The molecule has 2 aliphatic heterocycles. The molecular formula is C34H31F2N5O4S. The van der Waals surface area contributed by atoms with Crippen molar-refractivity contribution in [3.05, 3.63) is 89.0 Å². The van der Waals surface area contributed by atoms with Gasteiger partial charge in [-0.05, 0) is 54.8 Å². The van der Waals surface area contributed by atoms with Gasteiger partial charge in [0.2, 0.25) is 5.91 Å². The summed E-state index contributed by atoms with van der Waals surface area (Å²) in [5.74, 6) is -1.90. The van der Waals surface area contributed by atoms with Crippen LogP contribution in [0.4, 0.5) is 8.78 Å². The van der Waals surface area contributed by atoms with Gasteiger partial charge >= 0.3 is 0 Å². The SMILES string of the molecule is C=CC(=O)N1Cc2cc(-c3nc(-c4ccc5c(c4)CN(C)C5O)c4ccsc4c3-c3c(F)cc(F)cc3OCCO)nn2C[C@H]1C. The number of aliphatic hydroxyl groups excluding tert-OH is 2. The molecule has 7 rings (SSSR count). The van der Waals surface area contributed by atoms with Gasteiger partial charge in [0.15, 0.2) is 0 Å². The lowest BCUT2D eigenvalue weighted by molar-refractivity contribution is -0.129. The summed E-state index contributed by atoms with van der Waals surface area (Å²) < 4.78 is 38.7. The first kappa shape index (κ1) is 30.2. The van der Waals surface area contributed by atoms with Gasteiger partial charge < -0.3 is 19.8 Å². The third-order valence-corrected chi connectivity index (χ3v) is 9.55. The summed E-state index contributed by atoms with van der Waals surface area (Å²) in [6, 6.07) is 11.3. The van der Waals surface area contributed by atoms with Crippen LogP contribution < -0.4 is 4.74 Å². The van der Waals surface area contributed by atoms with E-state index < -0.39 is 17.9 Å².